The van der Waals surface area contributed by atoms with E-state index in [0.717, 1.165) is 22.3 Å². The lowest BCUT2D eigenvalue weighted by molar-refractivity contribution is 0.878. The summed E-state index contributed by atoms with van der Waals surface area (Å²) in [5.41, 5.74) is 3.17. The Morgan fingerprint density at radius 1 is 1.14 bits per heavy atom. The van der Waals surface area contributed by atoms with Gasteiger partial charge in [0.05, 0.1) is 11.4 Å². The molecule has 104 valence electrons. The van der Waals surface area contributed by atoms with E-state index in [-0.39, 0.29) is 0 Å². The first kappa shape index (κ1) is 12.3. The van der Waals surface area contributed by atoms with Gasteiger partial charge in [0.15, 0.2) is 0 Å². The van der Waals surface area contributed by atoms with E-state index in [0.29, 0.717) is 5.78 Å². The van der Waals surface area contributed by atoms with Crippen LogP contribution in [0.15, 0.2) is 48.0 Å². The molecule has 0 aliphatic heterocycles. The Morgan fingerprint density at radius 3 is 3.00 bits per heavy atom. The minimum absolute atomic E-state index is 0.620. The van der Waals surface area contributed by atoms with Gasteiger partial charge in [-0.15, -0.1) is 5.10 Å². The lowest BCUT2D eigenvalue weighted by Gasteiger charge is -2.00. The first-order valence-corrected chi connectivity index (χ1v) is 7.52. The molecule has 0 aliphatic rings. The number of thioether (sulfide) groups is 1. The summed E-state index contributed by atoms with van der Waals surface area (Å²) in [4.78, 5) is 13.1. The molecule has 0 spiro atoms. The minimum Gasteiger partial charge on any atom is -0.303 e. The van der Waals surface area contributed by atoms with Crippen molar-refractivity contribution in [3.05, 3.63) is 54.2 Å². The Balaban J connectivity index is 1.64. The third-order valence-electron chi connectivity index (χ3n) is 3.26. The minimum atomic E-state index is 0.620. The van der Waals surface area contributed by atoms with E-state index in [1.54, 1.807) is 22.5 Å². The molecule has 0 unspecified atom stereocenters. The summed E-state index contributed by atoms with van der Waals surface area (Å²) in [7, 11) is 0. The number of pyridine rings is 1. The van der Waals surface area contributed by atoms with E-state index in [2.05, 4.69) is 24.5 Å². The van der Waals surface area contributed by atoms with Crippen molar-refractivity contribution in [3.8, 4) is 0 Å². The molecule has 0 saturated carbocycles. The highest BCUT2D eigenvalue weighted by Crippen LogP contribution is 2.22. The SMILES string of the molecule is Cc1nc2ccccn2c1CSc1nc2ncccn2n1. The molecular weight excluding hydrogens is 284 g/mol. The van der Waals surface area contributed by atoms with Gasteiger partial charge >= 0.3 is 0 Å². The molecule has 4 rings (SSSR count). The van der Waals surface area contributed by atoms with E-state index in [4.69, 9.17) is 0 Å². The molecule has 6 nitrogen and oxygen atoms in total. The number of aromatic nitrogens is 6. The van der Waals surface area contributed by atoms with Gasteiger partial charge in [-0.2, -0.15) is 4.98 Å². The Kier molecular flexibility index (Phi) is 2.85. The average Bonchev–Trinajstić information content (AvgIpc) is 3.04. The predicted octanol–water partition coefficient (Wildman–Crippen LogP) is 2.37. The van der Waals surface area contributed by atoms with Crippen LogP contribution >= 0.6 is 11.8 Å². The van der Waals surface area contributed by atoms with Crippen LogP contribution in [-0.4, -0.2) is 29.0 Å². The first-order chi connectivity index (χ1) is 10.3. The molecule has 4 aromatic heterocycles. The molecule has 0 radical (unpaired) electrons. The van der Waals surface area contributed by atoms with E-state index in [9.17, 15) is 0 Å². The summed E-state index contributed by atoms with van der Waals surface area (Å²) in [5.74, 6) is 1.39. The highest BCUT2D eigenvalue weighted by Gasteiger charge is 2.11. The molecule has 7 heteroatoms. The topological polar surface area (TPSA) is 60.4 Å². The summed E-state index contributed by atoms with van der Waals surface area (Å²) >= 11 is 1.59. The van der Waals surface area contributed by atoms with Gasteiger partial charge in [0.2, 0.25) is 5.16 Å². The van der Waals surface area contributed by atoms with Crippen LogP contribution in [0.5, 0.6) is 0 Å². The summed E-state index contributed by atoms with van der Waals surface area (Å²) in [6.07, 6.45) is 5.59. The molecule has 0 amide bonds. The van der Waals surface area contributed by atoms with E-state index < -0.39 is 0 Å². The maximum Gasteiger partial charge on any atom is 0.253 e. The molecular formula is C14H12N6S. The fourth-order valence-electron chi connectivity index (χ4n) is 2.25. The van der Waals surface area contributed by atoms with Crippen molar-refractivity contribution in [2.75, 3.05) is 0 Å². The van der Waals surface area contributed by atoms with Gasteiger partial charge in [-0.25, -0.2) is 14.5 Å². The summed E-state index contributed by atoms with van der Waals surface area (Å²) < 4.78 is 3.79. The highest BCUT2D eigenvalue weighted by atomic mass is 32.2. The fourth-order valence-corrected chi connectivity index (χ4v) is 3.15. The number of rotatable bonds is 3. The van der Waals surface area contributed by atoms with Gasteiger partial charge in [-0.3, -0.25) is 0 Å². The van der Waals surface area contributed by atoms with Crippen molar-refractivity contribution in [1.82, 2.24) is 29.0 Å². The van der Waals surface area contributed by atoms with Gasteiger partial charge < -0.3 is 4.40 Å². The van der Waals surface area contributed by atoms with Crippen molar-refractivity contribution in [2.24, 2.45) is 0 Å². The van der Waals surface area contributed by atoms with Crippen molar-refractivity contribution >= 4 is 23.2 Å². The lowest BCUT2D eigenvalue weighted by Crippen LogP contribution is -1.92. The second-order valence-corrected chi connectivity index (χ2v) is 5.56. The predicted molar refractivity (Wildman–Crippen MR) is 80.3 cm³/mol. The average molecular weight is 296 g/mol. The molecule has 4 heterocycles. The third kappa shape index (κ3) is 2.15. The quantitative estimate of drug-likeness (QED) is 0.543. The lowest BCUT2D eigenvalue weighted by atomic mass is 10.4. The maximum atomic E-state index is 4.56. The Labute approximate surface area is 124 Å². The summed E-state index contributed by atoms with van der Waals surface area (Å²) in [5, 5.41) is 5.12. The smallest absolute Gasteiger partial charge is 0.253 e. The zero-order chi connectivity index (χ0) is 14.2. The Bertz CT molecular complexity index is 892. The molecule has 0 bridgehead atoms. The molecule has 0 atom stereocenters. The van der Waals surface area contributed by atoms with Crippen molar-refractivity contribution in [2.45, 2.75) is 17.8 Å². The number of imidazole rings is 1. The van der Waals surface area contributed by atoms with E-state index >= 15 is 0 Å². The van der Waals surface area contributed by atoms with Crippen molar-refractivity contribution in [1.29, 1.82) is 0 Å². The van der Waals surface area contributed by atoms with Crippen LogP contribution < -0.4 is 0 Å². The van der Waals surface area contributed by atoms with Crippen LogP contribution in [0.3, 0.4) is 0 Å². The van der Waals surface area contributed by atoms with Crippen molar-refractivity contribution < 1.29 is 0 Å². The van der Waals surface area contributed by atoms with Gasteiger partial charge in [-0.1, -0.05) is 17.8 Å². The molecule has 0 aliphatic carbocycles. The van der Waals surface area contributed by atoms with Crippen LogP contribution in [0.4, 0.5) is 0 Å². The first-order valence-electron chi connectivity index (χ1n) is 6.54. The largest absolute Gasteiger partial charge is 0.303 e. The van der Waals surface area contributed by atoms with Gasteiger partial charge in [0, 0.05) is 24.3 Å². The Hall–Kier alpha value is -2.41. The molecule has 0 fully saturated rings. The van der Waals surface area contributed by atoms with Crippen LogP contribution in [0.2, 0.25) is 0 Å². The zero-order valence-corrected chi connectivity index (χ0v) is 12.2. The molecule has 0 N–H and O–H groups in total. The monoisotopic (exact) mass is 296 g/mol. The number of nitrogens with zero attached hydrogens (tertiary/aromatic N) is 6. The summed E-state index contributed by atoms with van der Waals surface area (Å²) in [6.45, 7) is 2.03. The van der Waals surface area contributed by atoms with Crippen LogP contribution in [0.1, 0.15) is 11.4 Å². The maximum absolute atomic E-state index is 4.56. The van der Waals surface area contributed by atoms with Crippen LogP contribution in [0, 0.1) is 6.92 Å². The number of fused-ring (bicyclic) bond motifs is 2. The number of hydrogen-bond acceptors (Lipinski definition) is 5. The molecule has 0 saturated heterocycles. The number of aryl methyl sites for hydroxylation is 1. The summed E-state index contributed by atoms with van der Waals surface area (Å²) in [6, 6.07) is 7.85. The second-order valence-electron chi connectivity index (χ2n) is 4.62. The Morgan fingerprint density at radius 2 is 2.10 bits per heavy atom. The van der Waals surface area contributed by atoms with E-state index in [1.807, 2.05) is 43.6 Å². The molecule has 4 aromatic rings. The van der Waals surface area contributed by atoms with Crippen molar-refractivity contribution in [3.63, 3.8) is 0 Å². The van der Waals surface area contributed by atoms with Gasteiger partial charge in [0.25, 0.3) is 5.78 Å². The van der Waals surface area contributed by atoms with Crippen LogP contribution in [-0.2, 0) is 5.75 Å². The number of hydrogen-bond donors (Lipinski definition) is 0. The normalized spacial score (nSPS) is 11.5. The van der Waals surface area contributed by atoms with Gasteiger partial charge in [0.1, 0.15) is 5.65 Å². The highest BCUT2D eigenvalue weighted by molar-refractivity contribution is 7.98. The molecule has 0 aromatic carbocycles. The van der Waals surface area contributed by atoms with E-state index in [1.165, 1.54) is 5.69 Å². The third-order valence-corrected chi connectivity index (χ3v) is 4.11. The standard InChI is InChI=1S/C14H12N6S/c1-10-11(19-7-3-2-5-12(19)16-10)9-21-14-17-13-15-6-4-8-20(13)18-14/h2-8H,9H2,1H3. The van der Waals surface area contributed by atoms with Crippen LogP contribution in [0.25, 0.3) is 11.4 Å². The fraction of sp³-hybridized carbons (Fsp3) is 0.143. The molecule has 21 heavy (non-hydrogen) atoms. The second kappa shape index (κ2) is 4.85. The zero-order valence-electron chi connectivity index (χ0n) is 11.3. The van der Waals surface area contributed by atoms with Gasteiger partial charge in [-0.05, 0) is 25.1 Å².